The molecule has 2 aliphatic rings. The van der Waals surface area contributed by atoms with Gasteiger partial charge >= 0.3 is 5.97 Å². The predicted molar refractivity (Wildman–Crippen MR) is 87.0 cm³/mol. The van der Waals surface area contributed by atoms with Gasteiger partial charge in [0.2, 0.25) is 0 Å². The Labute approximate surface area is 132 Å². The molecule has 1 aromatic heterocycles. The molecule has 3 nitrogen and oxygen atoms in total. The third-order valence-corrected chi connectivity index (χ3v) is 7.79. The lowest BCUT2D eigenvalue weighted by Gasteiger charge is -2.19. The Morgan fingerprint density at radius 3 is 3.10 bits per heavy atom. The van der Waals surface area contributed by atoms with E-state index in [0.29, 0.717) is 11.9 Å². The maximum Gasteiger partial charge on any atom is 0.315 e. The molecule has 0 spiro atoms. The van der Waals surface area contributed by atoms with E-state index in [1.54, 1.807) is 0 Å². The molecule has 0 amide bonds. The van der Waals surface area contributed by atoms with Crippen molar-refractivity contribution < 1.29 is 9.53 Å². The Balaban J connectivity index is 1.82. The van der Waals surface area contributed by atoms with Gasteiger partial charge in [-0.05, 0) is 26.2 Å². The minimum Gasteiger partial charge on any atom is -0.465 e. The molecule has 0 N–H and O–H groups in total. The molecule has 1 aliphatic carbocycles. The van der Waals surface area contributed by atoms with Gasteiger partial charge in [0, 0.05) is 22.1 Å². The van der Waals surface area contributed by atoms with Gasteiger partial charge in [0.05, 0.1) is 17.6 Å². The van der Waals surface area contributed by atoms with Gasteiger partial charge in [-0.2, -0.15) is 11.8 Å². The average molecular weight is 330 g/mol. The van der Waals surface area contributed by atoms with Crippen LogP contribution in [0.25, 0.3) is 0 Å². The first kappa shape index (κ1) is 14.7. The summed E-state index contributed by atoms with van der Waals surface area (Å²) < 4.78 is 5.21. The molecule has 20 heavy (non-hydrogen) atoms. The van der Waals surface area contributed by atoms with Gasteiger partial charge in [-0.1, -0.05) is 0 Å². The third kappa shape index (κ3) is 3.02. The van der Waals surface area contributed by atoms with E-state index in [4.69, 9.17) is 9.72 Å². The Kier molecular flexibility index (Phi) is 4.94. The lowest BCUT2D eigenvalue weighted by Crippen LogP contribution is -2.20. The van der Waals surface area contributed by atoms with Crippen molar-refractivity contribution in [1.82, 2.24) is 4.98 Å². The Morgan fingerprint density at radius 1 is 1.45 bits per heavy atom. The Hall–Kier alpha value is -0.200. The number of rotatable bonds is 3. The SMILES string of the molecule is CCOC(=O)C1CCCc2sc(C3CSCCS3)nc21. The van der Waals surface area contributed by atoms with Crippen LogP contribution in [0.15, 0.2) is 0 Å². The second-order valence-corrected chi connectivity index (χ2v) is 8.57. The topological polar surface area (TPSA) is 39.2 Å². The molecular weight excluding hydrogens is 310 g/mol. The van der Waals surface area contributed by atoms with Gasteiger partial charge in [0.1, 0.15) is 10.9 Å². The zero-order chi connectivity index (χ0) is 13.9. The summed E-state index contributed by atoms with van der Waals surface area (Å²) in [5, 5.41) is 1.75. The number of nitrogens with zero attached hydrogens (tertiary/aromatic N) is 1. The van der Waals surface area contributed by atoms with Crippen molar-refractivity contribution in [3.8, 4) is 0 Å². The summed E-state index contributed by atoms with van der Waals surface area (Å²) in [5.74, 6) is 3.40. The smallest absolute Gasteiger partial charge is 0.315 e. The maximum absolute atomic E-state index is 12.1. The molecule has 3 rings (SSSR count). The number of thioether (sulfide) groups is 2. The number of hydrogen-bond donors (Lipinski definition) is 0. The minimum atomic E-state index is -0.120. The zero-order valence-electron chi connectivity index (χ0n) is 11.6. The normalized spacial score (nSPS) is 26.1. The first-order valence-electron chi connectivity index (χ1n) is 7.15. The van der Waals surface area contributed by atoms with Crippen LogP contribution in [0, 0.1) is 0 Å². The number of hydrogen-bond acceptors (Lipinski definition) is 6. The number of carbonyl (C=O) groups is 1. The number of esters is 1. The van der Waals surface area contributed by atoms with Crippen molar-refractivity contribution in [3.63, 3.8) is 0 Å². The van der Waals surface area contributed by atoms with Crippen LogP contribution in [0.2, 0.25) is 0 Å². The highest BCUT2D eigenvalue weighted by Crippen LogP contribution is 2.43. The van der Waals surface area contributed by atoms with Crippen LogP contribution in [-0.2, 0) is 16.0 Å². The monoisotopic (exact) mass is 329 g/mol. The quantitative estimate of drug-likeness (QED) is 0.792. The Bertz CT molecular complexity index is 483. The van der Waals surface area contributed by atoms with Gasteiger partial charge in [-0.3, -0.25) is 4.79 Å². The van der Waals surface area contributed by atoms with E-state index in [0.717, 1.165) is 30.7 Å². The maximum atomic E-state index is 12.1. The number of aromatic nitrogens is 1. The molecule has 1 aliphatic heterocycles. The van der Waals surface area contributed by atoms with Crippen LogP contribution in [-0.4, -0.2) is 34.8 Å². The van der Waals surface area contributed by atoms with Gasteiger partial charge < -0.3 is 4.74 Å². The van der Waals surface area contributed by atoms with Crippen molar-refractivity contribution in [2.45, 2.75) is 37.4 Å². The highest BCUT2D eigenvalue weighted by Gasteiger charge is 2.32. The van der Waals surface area contributed by atoms with Crippen LogP contribution < -0.4 is 0 Å². The molecule has 110 valence electrons. The molecule has 0 bridgehead atoms. The van der Waals surface area contributed by atoms with Gasteiger partial charge in [0.15, 0.2) is 0 Å². The third-order valence-electron chi connectivity index (χ3n) is 3.63. The van der Waals surface area contributed by atoms with E-state index in [9.17, 15) is 4.79 Å². The van der Waals surface area contributed by atoms with E-state index in [1.165, 1.54) is 21.4 Å². The van der Waals surface area contributed by atoms with E-state index in [-0.39, 0.29) is 11.9 Å². The second-order valence-electron chi connectivity index (χ2n) is 4.99. The first-order chi connectivity index (χ1) is 9.79. The molecule has 2 heterocycles. The van der Waals surface area contributed by atoms with Crippen molar-refractivity contribution >= 4 is 40.8 Å². The fourth-order valence-corrected chi connectivity index (χ4v) is 6.83. The van der Waals surface area contributed by atoms with Gasteiger partial charge in [-0.25, -0.2) is 4.98 Å². The van der Waals surface area contributed by atoms with Gasteiger partial charge in [0.25, 0.3) is 0 Å². The summed E-state index contributed by atoms with van der Waals surface area (Å²) in [6.07, 6.45) is 3.04. The van der Waals surface area contributed by atoms with Crippen molar-refractivity contribution in [1.29, 1.82) is 0 Å². The number of ether oxygens (including phenoxy) is 1. The van der Waals surface area contributed by atoms with E-state index >= 15 is 0 Å². The van der Waals surface area contributed by atoms with Crippen molar-refractivity contribution in [2.24, 2.45) is 0 Å². The van der Waals surface area contributed by atoms with E-state index in [1.807, 2.05) is 41.8 Å². The number of fused-ring (bicyclic) bond motifs is 1. The molecule has 1 aromatic rings. The fraction of sp³-hybridized carbons (Fsp3) is 0.714. The van der Waals surface area contributed by atoms with Gasteiger partial charge in [-0.15, -0.1) is 23.1 Å². The molecule has 2 atom stereocenters. The minimum absolute atomic E-state index is 0.0871. The molecule has 2 unspecified atom stereocenters. The molecule has 0 saturated carbocycles. The number of thiazole rings is 1. The van der Waals surface area contributed by atoms with Crippen molar-refractivity contribution in [3.05, 3.63) is 15.6 Å². The second kappa shape index (κ2) is 6.71. The number of carbonyl (C=O) groups excluding carboxylic acids is 1. The molecule has 6 heteroatoms. The molecular formula is C14H19NO2S3. The van der Waals surface area contributed by atoms with Crippen LogP contribution in [0.1, 0.15) is 46.5 Å². The Morgan fingerprint density at radius 2 is 2.35 bits per heavy atom. The molecule has 0 radical (unpaired) electrons. The first-order valence-corrected chi connectivity index (χ1v) is 10.2. The van der Waals surface area contributed by atoms with E-state index in [2.05, 4.69) is 0 Å². The average Bonchev–Trinajstić information content (AvgIpc) is 2.92. The van der Waals surface area contributed by atoms with E-state index < -0.39 is 0 Å². The van der Waals surface area contributed by atoms with Crippen LogP contribution in [0.5, 0.6) is 0 Å². The summed E-state index contributed by atoms with van der Waals surface area (Å²) in [5.41, 5.74) is 1.02. The summed E-state index contributed by atoms with van der Waals surface area (Å²) in [6.45, 7) is 2.32. The standard InChI is InChI=1S/C14H19NO2S3/c1-2-17-14(16)9-4-3-5-10-12(9)15-13(20-10)11-8-18-6-7-19-11/h9,11H,2-8H2,1H3. The predicted octanol–water partition coefficient (Wildman–Crippen LogP) is 3.65. The number of aryl methyl sites for hydroxylation is 1. The molecule has 0 aromatic carbocycles. The lowest BCUT2D eigenvalue weighted by molar-refractivity contribution is -0.145. The summed E-state index contributed by atoms with van der Waals surface area (Å²) >= 11 is 5.85. The molecule has 1 saturated heterocycles. The van der Waals surface area contributed by atoms with Crippen LogP contribution >= 0.6 is 34.9 Å². The summed E-state index contributed by atoms with van der Waals surface area (Å²) in [4.78, 5) is 18.2. The van der Waals surface area contributed by atoms with Crippen molar-refractivity contribution in [2.75, 3.05) is 23.9 Å². The zero-order valence-corrected chi connectivity index (χ0v) is 14.0. The summed E-state index contributed by atoms with van der Waals surface area (Å²) in [6, 6.07) is 0. The largest absolute Gasteiger partial charge is 0.465 e. The molecule has 1 fully saturated rings. The van der Waals surface area contributed by atoms with Crippen LogP contribution in [0.3, 0.4) is 0 Å². The highest BCUT2D eigenvalue weighted by atomic mass is 32.2. The summed E-state index contributed by atoms with van der Waals surface area (Å²) in [7, 11) is 0. The van der Waals surface area contributed by atoms with Crippen LogP contribution in [0.4, 0.5) is 0 Å². The fourth-order valence-electron chi connectivity index (χ4n) is 2.68. The lowest BCUT2D eigenvalue weighted by atomic mass is 9.91. The highest BCUT2D eigenvalue weighted by molar-refractivity contribution is 8.06.